The Morgan fingerprint density at radius 1 is 1.42 bits per heavy atom. The number of carbonyl (C=O) groups is 2. The van der Waals surface area contributed by atoms with Crippen molar-refractivity contribution in [1.82, 2.24) is 5.32 Å². The highest BCUT2D eigenvalue weighted by atomic mass is 35.5. The zero-order valence-corrected chi connectivity index (χ0v) is 11.4. The van der Waals surface area contributed by atoms with Gasteiger partial charge in [-0.1, -0.05) is 17.7 Å². The van der Waals surface area contributed by atoms with Crippen LogP contribution in [0.2, 0.25) is 5.02 Å². The lowest BCUT2D eigenvalue weighted by Crippen LogP contribution is -2.44. The van der Waals surface area contributed by atoms with Crippen LogP contribution in [0, 0.1) is 5.82 Å². The summed E-state index contributed by atoms with van der Waals surface area (Å²) in [7, 11) is 0. The fraction of sp³-hybridized carbons (Fsp3) is 0.385. The predicted molar refractivity (Wildman–Crippen MR) is 69.8 cm³/mol. The molecule has 1 amide bonds. The van der Waals surface area contributed by atoms with Gasteiger partial charge in [-0.05, 0) is 32.4 Å². The summed E-state index contributed by atoms with van der Waals surface area (Å²) in [6.45, 7) is 3.35. The highest BCUT2D eigenvalue weighted by Gasteiger charge is 2.24. The molecule has 0 saturated carbocycles. The molecule has 104 valence electrons. The van der Waals surface area contributed by atoms with Gasteiger partial charge < -0.3 is 10.4 Å². The molecule has 0 fully saturated rings. The van der Waals surface area contributed by atoms with Gasteiger partial charge in [-0.15, -0.1) is 0 Å². The first-order valence-corrected chi connectivity index (χ1v) is 6.09. The van der Waals surface area contributed by atoms with Crippen molar-refractivity contribution in [3.05, 3.63) is 34.6 Å². The van der Waals surface area contributed by atoms with Crippen LogP contribution in [-0.2, 0) is 4.79 Å². The molecule has 1 aromatic rings. The molecule has 0 aliphatic heterocycles. The van der Waals surface area contributed by atoms with Gasteiger partial charge in [-0.25, -0.2) is 4.39 Å². The average Bonchev–Trinajstić information content (AvgIpc) is 2.29. The molecular formula is C13H15ClFNO3. The standard InChI is InChI=1S/C13H15ClFNO3/c1-13(2,7-6-10(17)18)16-12(19)8-4-3-5-9(14)11(8)15/h3-5H,6-7H2,1-2H3,(H,16,19)(H,17,18). The average molecular weight is 288 g/mol. The maximum Gasteiger partial charge on any atom is 0.303 e. The minimum atomic E-state index is -0.948. The Balaban J connectivity index is 2.79. The highest BCUT2D eigenvalue weighted by molar-refractivity contribution is 6.31. The van der Waals surface area contributed by atoms with Crippen LogP contribution < -0.4 is 5.32 Å². The molecule has 0 saturated heterocycles. The number of nitrogens with one attached hydrogen (secondary N) is 1. The maximum absolute atomic E-state index is 13.7. The van der Waals surface area contributed by atoms with E-state index in [4.69, 9.17) is 16.7 Å². The molecule has 0 radical (unpaired) electrons. The van der Waals surface area contributed by atoms with Crippen molar-refractivity contribution in [3.63, 3.8) is 0 Å². The Bertz CT molecular complexity index is 503. The summed E-state index contributed by atoms with van der Waals surface area (Å²) in [5, 5.41) is 11.1. The molecule has 1 aromatic carbocycles. The summed E-state index contributed by atoms with van der Waals surface area (Å²) in [6, 6.07) is 4.15. The van der Waals surface area contributed by atoms with Crippen LogP contribution in [0.5, 0.6) is 0 Å². The van der Waals surface area contributed by atoms with Crippen LogP contribution in [0.1, 0.15) is 37.0 Å². The molecule has 0 heterocycles. The number of carbonyl (C=O) groups excluding carboxylic acids is 1. The van der Waals surface area contributed by atoms with E-state index in [0.29, 0.717) is 0 Å². The van der Waals surface area contributed by atoms with Crippen molar-refractivity contribution in [2.75, 3.05) is 0 Å². The lowest BCUT2D eigenvalue weighted by atomic mass is 9.97. The number of carboxylic acid groups (broad SMARTS) is 1. The summed E-state index contributed by atoms with van der Waals surface area (Å²) >= 11 is 5.60. The zero-order chi connectivity index (χ0) is 14.6. The lowest BCUT2D eigenvalue weighted by Gasteiger charge is -2.25. The first-order valence-electron chi connectivity index (χ1n) is 5.71. The monoisotopic (exact) mass is 287 g/mol. The quantitative estimate of drug-likeness (QED) is 0.875. The molecular weight excluding hydrogens is 273 g/mol. The number of amides is 1. The van der Waals surface area contributed by atoms with E-state index in [2.05, 4.69) is 5.32 Å². The third-order valence-electron chi connectivity index (χ3n) is 2.61. The fourth-order valence-corrected chi connectivity index (χ4v) is 1.71. The Morgan fingerprint density at radius 2 is 2.05 bits per heavy atom. The van der Waals surface area contributed by atoms with Crippen molar-refractivity contribution < 1.29 is 19.1 Å². The molecule has 0 aliphatic rings. The Hall–Kier alpha value is -1.62. The number of aliphatic carboxylic acids is 1. The molecule has 4 nitrogen and oxygen atoms in total. The van der Waals surface area contributed by atoms with Gasteiger partial charge in [0.1, 0.15) is 0 Å². The Morgan fingerprint density at radius 3 is 2.63 bits per heavy atom. The van der Waals surface area contributed by atoms with Crippen molar-refractivity contribution in [1.29, 1.82) is 0 Å². The van der Waals surface area contributed by atoms with E-state index in [-0.39, 0.29) is 23.4 Å². The number of rotatable bonds is 5. The van der Waals surface area contributed by atoms with Crippen molar-refractivity contribution in [3.8, 4) is 0 Å². The maximum atomic E-state index is 13.7. The van der Waals surface area contributed by atoms with Crippen LogP contribution in [0.4, 0.5) is 4.39 Å². The predicted octanol–water partition coefficient (Wildman–Crippen LogP) is 2.85. The summed E-state index contributed by atoms with van der Waals surface area (Å²) in [5.41, 5.74) is -0.902. The van der Waals surface area contributed by atoms with Gasteiger partial charge in [0.25, 0.3) is 5.91 Å². The third kappa shape index (κ3) is 4.52. The van der Waals surface area contributed by atoms with Crippen LogP contribution in [0.3, 0.4) is 0 Å². The highest BCUT2D eigenvalue weighted by Crippen LogP contribution is 2.19. The SMILES string of the molecule is CC(C)(CCC(=O)O)NC(=O)c1cccc(Cl)c1F. The van der Waals surface area contributed by atoms with Gasteiger partial charge in [0.2, 0.25) is 0 Å². The number of benzene rings is 1. The second-order valence-electron chi connectivity index (χ2n) is 4.83. The molecule has 0 bridgehead atoms. The molecule has 2 N–H and O–H groups in total. The van der Waals surface area contributed by atoms with Crippen molar-refractivity contribution >= 4 is 23.5 Å². The van der Waals surface area contributed by atoms with Crippen LogP contribution in [0.25, 0.3) is 0 Å². The van der Waals surface area contributed by atoms with Gasteiger partial charge >= 0.3 is 5.97 Å². The molecule has 19 heavy (non-hydrogen) atoms. The minimum absolute atomic E-state index is 0.0781. The third-order valence-corrected chi connectivity index (χ3v) is 2.90. The number of carboxylic acids is 1. The van der Waals surface area contributed by atoms with E-state index in [9.17, 15) is 14.0 Å². The van der Waals surface area contributed by atoms with Crippen molar-refractivity contribution in [2.45, 2.75) is 32.2 Å². The van der Waals surface area contributed by atoms with Gasteiger partial charge in [0.15, 0.2) is 5.82 Å². The van der Waals surface area contributed by atoms with Crippen LogP contribution in [0.15, 0.2) is 18.2 Å². The molecule has 1 rings (SSSR count). The van der Waals surface area contributed by atoms with Crippen molar-refractivity contribution in [2.24, 2.45) is 0 Å². The summed E-state index contributed by atoms with van der Waals surface area (Å²) in [6.07, 6.45) is 0.168. The van der Waals surface area contributed by atoms with Gasteiger partial charge in [0, 0.05) is 12.0 Å². The molecule has 0 spiro atoms. The number of hydrogen-bond donors (Lipinski definition) is 2. The number of hydrogen-bond acceptors (Lipinski definition) is 2. The van der Waals surface area contributed by atoms with E-state index in [1.807, 2.05) is 0 Å². The van der Waals surface area contributed by atoms with Gasteiger partial charge in [-0.3, -0.25) is 9.59 Å². The summed E-state index contributed by atoms with van der Waals surface area (Å²) in [4.78, 5) is 22.4. The summed E-state index contributed by atoms with van der Waals surface area (Å²) < 4.78 is 13.7. The van der Waals surface area contributed by atoms with E-state index in [1.165, 1.54) is 18.2 Å². The molecule has 0 aliphatic carbocycles. The van der Waals surface area contributed by atoms with E-state index < -0.39 is 23.2 Å². The van der Waals surface area contributed by atoms with Crippen LogP contribution in [-0.4, -0.2) is 22.5 Å². The fourth-order valence-electron chi connectivity index (χ4n) is 1.54. The number of halogens is 2. The van der Waals surface area contributed by atoms with E-state index >= 15 is 0 Å². The second-order valence-corrected chi connectivity index (χ2v) is 5.24. The first kappa shape index (κ1) is 15.4. The van der Waals surface area contributed by atoms with Gasteiger partial charge in [0.05, 0.1) is 10.6 Å². The zero-order valence-electron chi connectivity index (χ0n) is 10.7. The first-order chi connectivity index (χ1) is 8.73. The molecule has 6 heteroatoms. The lowest BCUT2D eigenvalue weighted by molar-refractivity contribution is -0.137. The molecule has 0 aromatic heterocycles. The molecule has 0 atom stereocenters. The minimum Gasteiger partial charge on any atom is -0.481 e. The van der Waals surface area contributed by atoms with Gasteiger partial charge in [-0.2, -0.15) is 0 Å². The van der Waals surface area contributed by atoms with E-state index in [0.717, 1.165) is 0 Å². The topological polar surface area (TPSA) is 66.4 Å². The Kier molecular flexibility index (Phi) is 4.89. The smallest absolute Gasteiger partial charge is 0.303 e. The van der Waals surface area contributed by atoms with E-state index in [1.54, 1.807) is 13.8 Å². The Labute approximate surface area is 115 Å². The van der Waals surface area contributed by atoms with Crippen LogP contribution >= 0.6 is 11.6 Å². The summed E-state index contributed by atoms with van der Waals surface area (Å²) in [5.74, 6) is -2.35. The largest absolute Gasteiger partial charge is 0.481 e. The second kappa shape index (κ2) is 6.02. The normalized spacial score (nSPS) is 11.2. The molecule has 0 unspecified atom stereocenters.